The second-order valence-electron chi connectivity index (χ2n) is 6.65. The number of benzene rings is 2. The third kappa shape index (κ3) is 3.18. The number of anilines is 1. The van der Waals surface area contributed by atoms with Crippen LogP contribution < -0.4 is 4.90 Å². The molecule has 136 valence electrons. The molecular formula is C21H21N5O. The van der Waals surface area contributed by atoms with Crippen LogP contribution in [0.1, 0.15) is 18.3 Å². The molecule has 0 unspecified atom stereocenters. The predicted octanol–water partition coefficient (Wildman–Crippen LogP) is 2.78. The average molecular weight is 359 g/mol. The Morgan fingerprint density at radius 2 is 1.89 bits per heavy atom. The highest BCUT2D eigenvalue weighted by Crippen LogP contribution is 2.23. The van der Waals surface area contributed by atoms with Gasteiger partial charge in [-0.15, -0.1) is 0 Å². The van der Waals surface area contributed by atoms with Crippen LogP contribution in [0.3, 0.4) is 0 Å². The third-order valence-electron chi connectivity index (χ3n) is 5.03. The molecule has 3 aromatic rings. The van der Waals surface area contributed by atoms with Gasteiger partial charge in [-0.3, -0.25) is 9.69 Å². The van der Waals surface area contributed by atoms with Crippen molar-refractivity contribution in [2.75, 3.05) is 24.5 Å². The molecular weight excluding hydrogens is 338 g/mol. The number of piperazine rings is 1. The van der Waals surface area contributed by atoms with E-state index in [4.69, 9.17) is 4.98 Å². The Morgan fingerprint density at radius 3 is 2.67 bits per heavy atom. The monoisotopic (exact) mass is 359 g/mol. The van der Waals surface area contributed by atoms with Crippen LogP contribution in [0.5, 0.6) is 0 Å². The van der Waals surface area contributed by atoms with Crippen LogP contribution in [0.2, 0.25) is 0 Å². The van der Waals surface area contributed by atoms with Crippen molar-refractivity contribution in [3.63, 3.8) is 0 Å². The molecule has 27 heavy (non-hydrogen) atoms. The largest absolute Gasteiger partial charge is 0.327 e. The number of hydrogen-bond acceptors (Lipinski definition) is 4. The first-order valence-electron chi connectivity index (χ1n) is 9.17. The Balaban J connectivity index is 1.53. The van der Waals surface area contributed by atoms with Crippen molar-refractivity contribution < 1.29 is 4.79 Å². The van der Waals surface area contributed by atoms with Gasteiger partial charge in [0.1, 0.15) is 11.9 Å². The van der Waals surface area contributed by atoms with E-state index < -0.39 is 0 Å². The van der Waals surface area contributed by atoms with Crippen LogP contribution in [-0.4, -0.2) is 40.0 Å². The normalized spacial score (nSPS) is 15.3. The van der Waals surface area contributed by atoms with Crippen LogP contribution >= 0.6 is 0 Å². The van der Waals surface area contributed by atoms with Crippen LogP contribution in [0, 0.1) is 11.3 Å². The Morgan fingerprint density at radius 1 is 1.11 bits per heavy atom. The maximum Gasteiger partial charge on any atom is 0.241 e. The van der Waals surface area contributed by atoms with E-state index in [2.05, 4.69) is 28.5 Å². The van der Waals surface area contributed by atoms with E-state index in [1.165, 1.54) is 0 Å². The summed E-state index contributed by atoms with van der Waals surface area (Å²) in [7, 11) is 0. The quantitative estimate of drug-likeness (QED) is 0.718. The van der Waals surface area contributed by atoms with E-state index >= 15 is 0 Å². The second kappa shape index (κ2) is 7.22. The van der Waals surface area contributed by atoms with E-state index in [0.29, 0.717) is 30.9 Å². The number of para-hydroxylation sites is 3. The highest BCUT2D eigenvalue weighted by Gasteiger charge is 2.27. The molecule has 1 saturated heterocycles. The van der Waals surface area contributed by atoms with Crippen LogP contribution in [0.4, 0.5) is 5.69 Å². The van der Waals surface area contributed by atoms with Gasteiger partial charge in [0.25, 0.3) is 0 Å². The standard InChI is InChI=1S/C21H21N5O/c1-2-25-19-10-6-4-8-17(19)23-20(25)14-24-11-12-26(21(27)15-24)18-9-5-3-7-16(18)13-22/h3-10H,2,11-12,14-15H2,1H3. The molecule has 1 aliphatic rings. The van der Waals surface area contributed by atoms with Gasteiger partial charge in [-0.2, -0.15) is 5.26 Å². The highest BCUT2D eigenvalue weighted by atomic mass is 16.2. The van der Waals surface area contributed by atoms with Gasteiger partial charge < -0.3 is 9.47 Å². The SMILES string of the molecule is CCn1c(CN2CCN(c3ccccc3C#N)C(=O)C2)nc2ccccc21. The number of nitriles is 1. The molecule has 1 aliphatic heterocycles. The molecule has 0 bridgehead atoms. The molecule has 1 fully saturated rings. The fourth-order valence-corrected chi connectivity index (χ4v) is 3.71. The van der Waals surface area contributed by atoms with E-state index in [1.54, 1.807) is 11.0 Å². The first-order valence-corrected chi connectivity index (χ1v) is 9.17. The Kier molecular flexibility index (Phi) is 4.61. The summed E-state index contributed by atoms with van der Waals surface area (Å²) in [5.41, 5.74) is 3.35. The molecule has 0 N–H and O–H groups in total. The van der Waals surface area contributed by atoms with Crippen molar-refractivity contribution in [2.45, 2.75) is 20.0 Å². The fourth-order valence-electron chi connectivity index (χ4n) is 3.71. The van der Waals surface area contributed by atoms with E-state index in [-0.39, 0.29) is 5.91 Å². The van der Waals surface area contributed by atoms with Gasteiger partial charge in [0.05, 0.1) is 35.4 Å². The highest BCUT2D eigenvalue weighted by molar-refractivity contribution is 5.96. The molecule has 6 heteroatoms. The molecule has 0 aliphatic carbocycles. The lowest BCUT2D eigenvalue weighted by molar-refractivity contribution is -0.121. The molecule has 0 spiro atoms. The smallest absolute Gasteiger partial charge is 0.241 e. The van der Waals surface area contributed by atoms with Crippen LogP contribution in [-0.2, 0) is 17.9 Å². The lowest BCUT2D eigenvalue weighted by Crippen LogP contribution is -2.50. The lowest BCUT2D eigenvalue weighted by atomic mass is 10.1. The first kappa shape index (κ1) is 17.3. The summed E-state index contributed by atoms with van der Waals surface area (Å²) in [5.74, 6) is 1.00. The number of amides is 1. The molecule has 0 saturated carbocycles. The molecule has 0 radical (unpaired) electrons. The van der Waals surface area contributed by atoms with Crippen molar-refractivity contribution >= 4 is 22.6 Å². The van der Waals surface area contributed by atoms with Crippen molar-refractivity contribution in [1.82, 2.24) is 14.5 Å². The van der Waals surface area contributed by atoms with Gasteiger partial charge in [-0.1, -0.05) is 24.3 Å². The number of aromatic nitrogens is 2. The average Bonchev–Trinajstić information content (AvgIpc) is 3.05. The minimum atomic E-state index is 0.0168. The van der Waals surface area contributed by atoms with E-state index in [9.17, 15) is 10.1 Å². The summed E-state index contributed by atoms with van der Waals surface area (Å²) < 4.78 is 2.21. The summed E-state index contributed by atoms with van der Waals surface area (Å²) in [6, 6.07) is 17.6. The summed E-state index contributed by atoms with van der Waals surface area (Å²) in [5, 5.41) is 9.30. The molecule has 0 atom stereocenters. The Labute approximate surface area is 158 Å². The number of rotatable bonds is 4. The summed E-state index contributed by atoms with van der Waals surface area (Å²) in [6.45, 7) is 5.25. The van der Waals surface area contributed by atoms with Gasteiger partial charge in [0.15, 0.2) is 0 Å². The maximum atomic E-state index is 12.7. The predicted molar refractivity (Wildman–Crippen MR) is 104 cm³/mol. The molecule has 1 aromatic heterocycles. The van der Waals surface area contributed by atoms with Crippen molar-refractivity contribution in [3.05, 3.63) is 59.9 Å². The van der Waals surface area contributed by atoms with Crippen molar-refractivity contribution in [3.8, 4) is 6.07 Å². The number of carbonyl (C=O) groups is 1. The number of aryl methyl sites for hydroxylation is 1. The Bertz CT molecular complexity index is 1030. The van der Waals surface area contributed by atoms with Crippen LogP contribution in [0.15, 0.2) is 48.5 Å². The van der Waals surface area contributed by atoms with Gasteiger partial charge >= 0.3 is 0 Å². The van der Waals surface area contributed by atoms with Crippen molar-refractivity contribution in [1.29, 1.82) is 5.26 Å². The summed E-state index contributed by atoms with van der Waals surface area (Å²) in [6.07, 6.45) is 0. The molecule has 6 nitrogen and oxygen atoms in total. The second-order valence-corrected chi connectivity index (χ2v) is 6.65. The zero-order valence-electron chi connectivity index (χ0n) is 15.3. The maximum absolute atomic E-state index is 12.7. The number of imidazole rings is 1. The third-order valence-corrected chi connectivity index (χ3v) is 5.03. The molecule has 4 rings (SSSR count). The van der Waals surface area contributed by atoms with Crippen molar-refractivity contribution in [2.24, 2.45) is 0 Å². The number of nitrogens with zero attached hydrogens (tertiary/aromatic N) is 5. The van der Waals surface area contributed by atoms with E-state index in [0.717, 1.165) is 29.9 Å². The summed E-state index contributed by atoms with van der Waals surface area (Å²) in [4.78, 5) is 21.3. The zero-order valence-corrected chi connectivity index (χ0v) is 15.3. The first-order chi connectivity index (χ1) is 13.2. The van der Waals surface area contributed by atoms with Gasteiger partial charge in [0.2, 0.25) is 5.91 Å². The summed E-state index contributed by atoms with van der Waals surface area (Å²) >= 11 is 0. The molecule has 2 aromatic carbocycles. The van der Waals surface area contributed by atoms with E-state index in [1.807, 2.05) is 36.4 Å². The zero-order chi connectivity index (χ0) is 18.8. The molecule has 2 heterocycles. The number of fused-ring (bicyclic) bond motifs is 1. The number of hydrogen-bond donors (Lipinski definition) is 0. The topological polar surface area (TPSA) is 65.2 Å². The number of carbonyl (C=O) groups excluding carboxylic acids is 1. The van der Waals surface area contributed by atoms with Gasteiger partial charge in [0, 0.05) is 19.6 Å². The van der Waals surface area contributed by atoms with Gasteiger partial charge in [-0.25, -0.2) is 4.98 Å². The minimum absolute atomic E-state index is 0.0168. The lowest BCUT2D eigenvalue weighted by Gasteiger charge is -2.34. The Hall–Kier alpha value is -3.17. The van der Waals surface area contributed by atoms with Gasteiger partial charge in [-0.05, 0) is 31.2 Å². The molecule has 1 amide bonds. The fraction of sp³-hybridized carbons (Fsp3) is 0.286. The van der Waals surface area contributed by atoms with Crippen LogP contribution in [0.25, 0.3) is 11.0 Å². The minimum Gasteiger partial charge on any atom is -0.327 e.